The summed E-state index contributed by atoms with van der Waals surface area (Å²) in [7, 11) is 0. The summed E-state index contributed by atoms with van der Waals surface area (Å²) in [5.74, 6) is 1.27. The van der Waals surface area contributed by atoms with E-state index in [0.29, 0.717) is 18.1 Å². The van der Waals surface area contributed by atoms with E-state index in [1.807, 2.05) is 36.4 Å². The molecule has 2 aliphatic rings. The molecule has 1 N–H and O–H groups in total. The zero-order valence-electron chi connectivity index (χ0n) is 15.6. The number of amides is 1. The van der Waals surface area contributed by atoms with Crippen molar-refractivity contribution in [2.45, 2.75) is 38.2 Å². The molecule has 2 aromatic rings. The van der Waals surface area contributed by atoms with Gasteiger partial charge in [-0.2, -0.15) is 0 Å². The highest BCUT2D eigenvalue weighted by Crippen LogP contribution is 2.23. The Bertz CT molecular complexity index is 769. The molecule has 1 aromatic carbocycles. The van der Waals surface area contributed by atoms with E-state index in [0.717, 1.165) is 56.8 Å². The quantitative estimate of drug-likeness (QED) is 0.881. The molecule has 27 heavy (non-hydrogen) atoms. The van der Waals surface area contributed by atoms with Crippen molar-refractivity contribution in [2.75, 3.05) is 31.1 Å². The van der Waals surface area contributed by atoms with Crippen molar-refractivity contribution in [1.29, 1.82) is 0 Å². The maximum Gasteiger partial charge on any atom is 0.270 e. The van der Waals surface area contributed by atoms with E-state index >= 15 is 0 Å². The lowest BCUT2D eigenvalue weighted by Crippen LogP contribution is -2.33. The third kappa shape index (κ3) is 4.45. The van der Waals surface area contributed by atoms with Gasteiger partial charge < -0.3 is 15.0 Å². The number of rotatable bonds is 5. The Morgan fingerprint density at radius 2 is 1.93 bits per heavy atom. The number of carbonyl (C=O) groups excluding carboxylic acids is 1. The highest BCUT2D eigenvalue weighted by molar-refractivity contribution is 5.93. The normalized spacial score (nSPS) is 19.9. The molecule has 0 spiro atoms. The zero-order valence-corrected chi connectivity index (χ0v) is 15.6. The predicted molar refractivity (Wildman–Crippen MR) is 105 cm³/mol. The first kappa shape index (κ1) is 17.9. The van der Waals surface area contributed by atoms with Crippen LogP contribution in [0.2, 0.25) is 0 Å². The SMILES string of the molecule is O=C(NCC1CCCO1)c1cc(N2CCCCC2)nc(-c2ccccc2)n1. The summed E-state index contributed by atoms with van der Waals surface area (Å²) in [5, 5.41) is 2.98. The smallest absolute Gasteiger partial charge is 0.270 e. The second-order valence-corrected chi connectivity index (χ2v) is 7.19. The van der Waals surface area contributed by atoms with Gasteiger partial charge in [-0.05, 0) is 32.1 Å². The van der Waals surface area contributed by atoms with Crippen LogP contribution in [-0.4, -0.2) is 48.2 Å². The summed E-state index contributed by atoms with van der Waals surface area (Å²) in [5.41, 5.74) is 1.34. The summed E-state index contributed by atoms with van der Waals surface area (Å²) < 4.78 is 5.60. The third-order valence-electron chi connectivity index (χ3n) is 5.17. The van der Waals surface area contributed by atoms with Gasteiger partial charge in [0.1, 0.15) is 11.5 Å². The predicted octanol–water partition coefficient (Wildman–Crippen LogP) is 3.04. The lowest BCUT2D eigenvalue weighted by atomic mass is 10.1. The molecule has 2 aliphatic heterocycles. The Hall–Kier alpha value is -2.47. The highest BCUT2D eigenvalue weighted by atomic mass is 16.5. The van der Waals surface area contributed by atoms with Gasteiger partial charge in [0.2, 0.25) is 0 Å². The standard InChI is InChI=1S/C21H26N4O2/c26-21(22-15-17-10-7-13-27-17)18-14-19(25-11-5-2-6-12-25)24-20(23-18)16-8-3-1-4-9-16/h1,3-4,8-9,14,17H,2,5-7,10-13,15H2,(H,22,26). The summed E-state index contributed by atoms with van der Waals surface area (Å²) in [6.07, 6.45) is 5.74. The van der Waals surface area contributed by atoms with Crippen LogP contribution >= 0.6 is 0 Å². The van der Waals surface area contributed by atoms with Gasteiger partial charge in [0.25, 0.3) is 5.91 Å². The summed E-state index contributed by atoms with van der Waals surface area (Å²) in [4.78, 5) is 24.3. The molecule has 1 unspecified atom stereocenters. The van der Waals surface area contributed by atoms with Crippen molar-refractivity contribution in [1.82, 2.24) is 15.3 Å². The average molecular weight is 366 g/mol. The molecule has 0 radical (unpaired) electrons. The van der Waals surface area contributed by atoms with Crippen LogP contribution in [0.4, 0.5) is 5.82 Å². The number of aromatic nitrogens is 2. The minimum atomic E-state index is -0.164. The molecule has 2 saturated heterocycles. The molecular weight excluding hydrogens is 340 g/mol. The number of benzene rings is 1. The van der Waals surface area contributed by atoms with Crippen LogP contribution in [0, 0.1) is 0 Å². The largest absolute Gasteiger partial charge is 0.376 e. The van der Waals surface area contributed by atoms with Crippen LogP contribution in [0.25, 0.3) is 11.4 Å². The van der Waals surface area contributed by atoms with E-state index in [9.17, 15) is 4.79 Å². The van der Waals surface area contributed by atoms with E-state index in [1.165, 1.54) is 6.42 Å². The van der Waals surface area contributed by atoms with Crippen LogP contribution in [0.3, 0.4) is 0 Å². The monoisotopic (exact) mass is 366 g/mol. The Kier molecular flexibility index (Phi) is 5.63. The lowest BCUT2D eigenvalue weighted by molar-refractivity contribution is 0.0853. The molecule has 6 heteroatoms. The molecule has 0 aliphatic carbocycles. The van der Waals surface area contributed by atoms with Gasteiger partial charge in [-0.3, -0.25) is 4.79 Å². The van der Waals surface area contributed by atoms with Crippen LogP contribution < -0.4 is 10.2 Å². The topological polar surface area (TPSA) is 67.3 Å². The highest BCUT2D eigenvalue weighted by Gasteiger charge is 2.20. The van der Waals surface area contributed by atoms with E-state index < -0.39 is 0 Å². The number of piperidine rings is 1. The minimum absolute atomic E-state index is 0.117. The molecule has 142 valence electrons. The van der Waals surface area contributed by atoms with Gasteiger partial charge in [-0.25, -0.2) is 9.97 Å². The number of hydrogen-bond acceptors (Lipinski definition) is 5. The fraction of sp³-hybridized carbons (Fsp3) is 0.476. The van der Waals surface area contributed by atoms with Gasteiger partial charge in [0, 0.05) is 37.9 Å². The van der Waals surface area contributed by atoms with Crippen molar-refractivity contribution in [3.05, 3.63) is 42.1 Å². The molecule has 0 bridgehead atoms. The Balaban J connectivity index is 1.59. The molecule has 2 fully saturated rings. The Morgan fingerprint density at radius 3 is 2.67 bits per heavy atom. The van der Waals surface area contributed by atoms with Crippen molar-refractivity contribution >= 4 is 11.7 Å². The number of nitrogens with zero attached hydrogens (tertiary/aromatic N) is 3. The summed E-state index contributed by atoms with van der Waals surface area (Å²) in [6, 6.07) is 11.7. The van der Waals surface area contributed by atoms with Crippen LogP contribution in [0.15, 0.2) is 36.4 Å². The third-order valence-corrected chi connectivity index (χ3v) is 5.17. The summed E-state index contributed by atoms with van der Waals surface area (Å²) >= 11 is 0. The van der Waals surface area contributed by atoms with Crippen LogP contribution in [0.5, 0.6) is 0 Å². The summed E-state index contributed by atoms with van der Waals surface area (Å²) in [6.45, 7) is 3.26. The molecule has 0 saturated carbocycles. The van der Waals surface area contributed by atoms with Gasteiger partial charge >= 0.3 is 0 Å². The average Bonchev–Trinajstić information content (AvgIpc) is 3.27. The second kappa shape index (κ2) is 8.48. The van der Waals surface area contributed by atoms with Crippen molar-refractivity contribution in [2.24, 2.45) is 0 Å². The first-order valence-corrected chi connectivity index (χ1v) is 9.89. The molecule has 1 amide bonds. The van der Waals surface area contributed by atoms with Gasteiger partial charge in [-0.15, -0.1) is 0 Å². The Morgan fingerprint density at radius 1 is 1.11 bits per heavy atom. The fourth-order valence-electron chi connectivity index (χ4n) is 3.65. The van der Waals surface area contributed by atoms with E-state index in [-0.39, 0.29) is 12.0 Å². The molecule has 1 aromatic heterocycles. The van der Waals surface area contributed by atoms with E-state index in [2.05, 4.69) is 15.2 Å². The molecule has 3 heterocycles. The Labute approximate surface area is 160 Å². The van der Waals surface area contributed by atoms with E-state index in [1.54, 1.807) is 0 Å². The number of anilines is 1. The van der Waals surface area contributed by atoms with E-state index in [4.69, 9.17) is 9.72 Å². The maximum atomic E-state index is 12.7. The first-order chi connectivity index (χ1) is 13.3. The van der Waals surface area contributed by atoms with Crippen LogP contribution in [-0.2, 0) is 4.74 Å². The zero-order chi connectivity index (χ0) is 18.5. The van der Waals surface area contributed by atoms with Crippen LogP contribution in [0.1, 0.15) is 42.6 Å². The first-order valence-electron chi connectivity index (χ1n) is 9.89. The second-order valence-electron chi connectivity index (χ2n) is 7.19. The minimum Gasteiger partial charge on any atom is -0.376 e. The molecule has 1 atom stereocenters. The van der Waals surface area contributed by atoms with Gasteiger partial charge in [0.05, 0.1) is 6.10 Å². The fourth-order valence-corrected chi connectivity index (χ4v) is 3.65. The lowest BCUT2D eigenvalue weighted by Gasteiger charge is -2.28. The van der Waals surface area contributed by atoms with Gasteiger partial charge in [-0.1, -0.05) is 30.3 Å². The van der Waals surface area contributed by atoms with Crippen molar-refractivity contribution < 1.29 is 9.53 Å². The molecule has 6 nitrogen and oxygen atoms in total. The number of hydrogen-bond donors (Lipinski definition) is 1. The number of nitrogens with one attached hydrogen (secondary N) is 1. The molecule has 4 rings (SSSR count). The number of carbonyl (C=O) groups is 1. The maximum absolute atomic E-state index is 12.7. The van der Waals surface area contributed by atoms with Gasteiger partial charge in [0.15, 0.2) is 5.82 Å². The van der Waals surface area contributed by atoms with Crippen molar-refractivity contribution in [3.63, 3.8) is 0 Å². The number of ether oxygens (including phenoxy) is 1. The van der Waals surface area contributed by atoms with Crippen molar-refractivity contribution in [3.8, 4) is 11.4 Å². The molecular formula is C21H26N4O2.